The molecular weight excluding hydrogens is 232 g/mol. The van der Waals surface area contributed by atoms with Crippen LogP contribution in [0.4, 0.5) is 0 Å². The molecule has 0 aromatic carbocycles. The van der Waals surface area contributed by atoms with E-state index in [-0.39, 0.29) is 17.7 Å². The molecule has 2 heterocycles. The summed E-state index contributed by atoms with van der Waals surface area (Å²) in [5.74, 6) is -0.362. The van der Waals surface area contributed by atoms with Crippen molar-refractivity contribution in [1.82, 2.24) is 19.6 Å². The largest absolute Gasteiger partial charge is 0.273 e. The Labute approximate surface area is 104 Å². The zero-order valence-corrected chi connectivity index (χ0v) is 10.5. The normalized spacial score (nSPS) is 10.9. The molecule has 0 aliphatic carbocycles. The van der Waals surface area contributed by atoms with E-state index in [0.717, 1.165) is 0 Å². The standard InChI is InChI=1S/C12H14N4O2/c1-8(2)12(18)16-7-5-11(14-16)10-4-6-15(13-10)9(3)17/h4-8H,1-3H3. The van der Waals surface area contributed by atoms with Crippen molar-refractivity contribution in [2.75, 3.05) is 0 Å². The average molecular weight is 246 g/mol. The first-order valence-electron chi connectivity index (χ1n) is 5.66. The molecule has 0 unspecified atom stereocenters. The van der Waals surface area contributed by atoms with Gasteiger partial charge in [-0.15, -0.1) is 0 Å². The Kier molecular flexibility index (Phi) is 3.10. The van der Waals surface area contributed by atoms with Gasteiger partial charge in [0.15, 0.2) is 0 Å². The quantitative estimate of drug-likeness (QED) is 0.808. The fraction of sp³-hybridized carbons (Fsp3) is 0.333. The van der Waals surface area contributed by atoms with Gasteiger partial charge in [-0.1, -0.05) is 13.8 Å². The van der Waals surface area contributed by atoms with Crippen LogP contribution in [-0.4, -0.2) is 31.4 Å². The molecular formula is C12H14N4O2. The summed E-state index contributed by atoms with van der Waals surface area (Å²) in [6, 6.07) is 3.39. The minimum Gasteiger partial charge on any atom is -0.273 e. The molecule has 6 nitrogen and oxygen atoms in total. The predicted molar refractivity (Wildman–Crippen MR) is 65.2 cm³/mol. The Hall–Kier alpha value is -2.24. The highest BCUT2D eigenvalue weighted by atomic mass is 16.2. The lowest BCUT2D eigenvalue weighted by Crippen LogP contribution is -2.17. The van der Waals surface area contributed by atoms with E-state index >= 15 is 0 Å². The number of carbonyl (C=O) groups excluding carboxylic acids is 2. The van der Waals surface area contributed by atoms with Crippen LogP contribution in [0.3, 0.4) is 0 Å². The first-order chi connectivity index (χ1) is 8.49. The number of nitrogens with zero attached hydrogens (tertiary/aromatic N) is 4. The third-order valence-corrected chi connectivity index (χ3v) is 2.48. The van der Waals surface area contributed by atoms with E-state index in [1.807, 2.05) is 13.8 Å². The third kappa shape index (κ3) is 2.22. The summed E-state index contributed by atoms with van der Waals surface area (Å²) in [6.07, 6.45) is 3.17. The predicted octanol–water partition coefficient (Wildman–Crippen LogP) is 1.70. The van der Waals surface area contributed by atoms with Crippen LogP contribution in [0.1, 0.15) is 30.4 Å². The van der Waals surface area contributed by atoms with Gasteiger partial charge in [-0.2, -0.15) is 10.2 Å². The van der Waals surface area contributed by atoms with E-state index in [1.54, 1.807) is 24.5 Å². The topological polar surface area (TPSA) is 69.8 Å². The lowest BCUT2D eigenvalue weighted by Gasteiger charge is -2.01. The molecule has 0 N–H and O–H groups in total. The molecule has 0 spiro atoms. The summed E-state index contributed by atoms with van der Waals surface area (Å²) in [7, 11) is 0. The van der Waals surface area contributed by atoms with Crippen molar-refractivity contribution in [3.8, 4) is 11.4 Å². The van der Waals surface area contributed by atoms with Crippen LogP contribution in [0, 0.1) is 5.92 Å². The van der Waals surface area contributed by atoms with Crippen LogP contribution in [0.15, 0.2) is 24.5 Å². The Balaban J connectivity index is 2.29. The molecule has 2 aromatic rings. The molecule has 6 heteroatoms. The summed E-state index contributed by atoms with van der Waals surface area (Å²) in [4.78, 5) is 22.8. The van der Waals surface area contributed by atoms with E-state index in [4.69, 9.17) is 0 Å². The summed E-state index contributed by atoms with van der Waals surface area (Å²) in [5, 5.41) is 8.23. The Bertz CT molecular complexity index is 595. The average Bonchev–Trinajstić information content (AvgIpc) is 2.96. The lowest BCUT2D eigenvalue weighted by molar-refractivity contribution is 0.0838. The molecule has 0 atom stereocenters. The highest BCUT2D eigenvalue weighted by molar-refractivity contribution is 5.80. The van der Waals surface area contributed by atoms with Gasteiger partial charge in [-0.25, -0.2) is 9.36 Å². The summed E-state index contributed by atoms with van der Waals surface area (Å²) in [6.45, 7) is 5.06. The molecule has 2 rings (SSSR count). The van der Waals surface area contributed by atoms with E-state index in [0.29, 0.717) is 11.4 Å². The molecule has 0 saturated carbocycles. The van der Waals surface area contributed by atoms with Gasteiger partial charge in [-0.3, -0.25) is 9.59 Å². The van der Waals surface area contributed by atoms with Gasteiger partial charge in [-0.05, 0) is 12.1 Å². The molecule has 0 amide bonds. The van der Waals surface area contributed by atoms with Gasteiger partial charge < -0.3 is 0 Å². The van der Waals surface area contributed by atoms with Crippen LogP contribution in [0.2, 0.25) is 0 Å². The van der Waals surface area contributed by atoms with Crippen molar-refractivity contribution in [2.24, 2.45) is 5.92 Å². The summed E-state index contributed by atoms with van der Waals surface area (Å²) < 4.78 is 2.53. The van der Waals surface area contributed by atoms with Gasteiger partial charge in [0.25, 0.3) is 0 Å². The second kappa shape index (κ2) is 4.56. The molecule has 0 bridgehead atoms. The summed E-state index contributed by atoms with van der Waals surface area (Å²) in [5.41, 5.74) is 1.14. The van der Waals surface area contributed by atoms with E-state index in [2.05, 4.69) is 10.2 Å². The van der Waals surface area contributed by atoms with Crippen molar-refractivity contribution < 1.29 is 9.59 Å². The van der Waals surface area contributed by atoms with Gasteiger partial charge in [0.1, 0.15) is 11.4 Å². The van der Waals surface area contributed by atoms with Crippen LogP contribution in [0.25, 0.3) is 11.4 Å². The van der Waals surface area contributed by atoms with Crippen molar-refractivity contribution in [3.05, 3.63) is 24.5 Å². The second-order valence-electron chi connectivity index (χ2n) is 4.30. The Morgan fingerprint density at radius 3 is 2.00 bits per heavy atom. The minimum atomic E-state index is -0.168. The zero-order chi connectivity index (χ0) is 13.3. The molecule has 18 heavy (non-hydrogen) atoms. The SMILES string of the molecule is CC(=O)n1ccc(-c2ccn(C(=O)C(C)C)n2)n1. The van der Waals surface area contributed by atoms with E-state index in [1.165, 1.54) is 16.3 Å². The number of hydrogen-bond donors (Lipinski definition) is 0. The molecule has 2 aromatic heterocycles. The fourth-order valence-electron chi connectivity index (χ4n) is 1.48. The highest BCUT2D eigenvalue weighted by Gasteiger charge is 2.13. The van der Waals surface area contributed by atoms with Crippen molar-refractivity contribution in [2.45, 2.75) is 20.8 Å². The molecule has 94 valence electrons. The number of rotatable bonds is 2. The zero-order valence-electron chi connectivity index (χ0n) is 10.5. The van der Waals surface area contributed by atoms with Crippen LogP contribution in [-0.2, 0) is 0 Å². The maximum atomic E-state index is 11.7. The van der Waals surface area contributed by atoms with Crippen LogP contribution < -0.4 is 0 Å². The van der Waals surface area contributed by atoms with Crippen molar-refractivity contribution in [1.29, 1.82) is 0 Å². The van der Waals surface area contributed by atoms with Gasteiger partial charge >= 0.3 is 0 Å². The maximum absolute atomic E-state index is 11.7. The van der Waals surface area contributed by atoms with Crippen LogP contribution >= 0.6 is 0 Å². The number of aromatic nitrogens is 4. The highest BCUT2D eigenvalue weighted by Crippen LogP contribution is 2.14. The smallest absolute Gasteiger partial charge is 0.249 e. The molecule has 0 aliphatic rings. The minimum absolute atomic E-state index is 0.0766. The van der Waals surface area contributed by atoms with E-state index < -0.39 is 0 Å². The van der Waals surface area contributed by atoms with Crippen molar-refractivity contribution in [3.63, 3.8) is 0 Å². The fourth-order valence-corrected chi connectivity index (χ4v) is 1.48. The first-order valence-corrected chi connectivity index (χ1v) is 5.66. The second-order valence-corrected chi connectivity index (χ2v) is 4.30. The lowest BCUT2D eigenvalue weighted by atomic mass is 10.2. The number of carbonyl (C=O) groups is 2. The molecule has 0 fully saturated rings. The van der Waals surface area contributed by atoms with Crippen molar-refractivity contribution >= 4 is 11.8 Å². The Morgan fingerprint density at radius 1 is 1.06 bits per heavy atom. The van der Waals surface area contributed by atoms with Gasteiger partial charge in [0.05, 0.1) is 0 Å². The monoisotopic (exact) mass is 246 g/mol. The number of hydrogen-bond acceptors (Lipinski definition) is 4. The van der Waals surface area contributed by atoms with Gasteiger partial charge in [0.2, 0.25) is 11.8 Å². The van der Waals surface area contributed by atoms with Gasteiger partial charge in [0, 0.05) is 25.2 Å². The van der Waals surface area contributed by atoms with Crippen LogP contribution in [0.5, 0.6) is 0 Å². The third-order valence-electron chi connectivity index (χ3n) is 2.48. The maximum Gasteiger partial charge on any atom is 0.249 e. The molecule has 0 aliphatic heterocycles. The molecule has 0 radical (unpaired) electrons. The molecule has 0 saturated heterocycles. The Morgan fingerprint density at radius 2 is 1.56 bits per heavy atom. The summed E-state index contributed by atoms with van der Waals surface area (Å²) >= 11 is 0. The van der Waals surface area contributed by atoms with E-state index in [9.17, 15) is 9.59 Å². The first kappa shape index (κ1) is 12.2.